The standard InChI is InChI=1S/C16H11ClN2O/c17-12-5-1-10-4-8-14(19-15(10)9-12)16(20)11-2-6-13(18)7-3-11/h1-9H,18H2. The van der Waals surface area contributed by atoms with Crippen LogP contribution in [0.3, 0.4) is 0 Å². The van der Waals surface area contributed by atoms with Crippen LogP contribution in [0.2, 0.25) is 5.02 Å². The molecule has 20 heavy (non-hydrogen) atoms. The maximum atomic E-state index is 12.3. The molecular formula is C16H11ClN2O. The molecule has 0 spiro atoms. The van der Waals surface area contributed by atoms with Gasteiger partial charge in [0, 0.05) is 21.7 Å². The lowest BCUT2D eigenvalue weighted by Crippen LogP contribution is -2.04. The number of carbonyl (C=O) groups excluding carboxylic acids is 1. The van der Waals surface area contributed by atoms with E-state index >= 15 is 0 Å². The highest BCUT2D eigenvalue weighted by atomic mass is 35.5. The Morgan fingerprint density at radius 3 is 2.45 bits per heavy atom. The number of pyridine rings is 1. The van der Waals surface area contributed by atoms with Crippen LogP contribution in [0.1, 0.15) is 16.1 Å². The van der Waals surface area contributed by atoms with Crippen LogP contribution in [-0.4, -0.2) is 10.8 Å². The molecule has 98 valence electrons. The molecule has 0 aliphatic heterocycles. The summed E-state index contributed by atoms with van der Waals surface area (Å²) in [6.45, 7) is 0. The summed E-state index contributed by atoms with van der Waals surface area (Å²) in [7, 11) is 0. The molecule has 0 amide bonds. The van der Waals surface area contributed by atoms with E-state index in [9.17, 15) is 4.79 Å². The van der Waals surface area contributed by atoms with E-state index in [2.05, 4.69) is 4.98 Å². The Kier molecular flexibility index (Phi) is 3.12. The molecule has 3 nitrogen and oxygen atoms in total. The molecule has 1 heterocycles. The monoisotopic (exact) mass is 282 g/mol. The molecule has 1 aromatic heterocycles. The fraction of sp³-hybridized carbons (Fsp3) is 0. The number of aromatic nitrogens is 1. The summed E-state index contributed by atoms with van der Waals surface area (Å²) >= 11 is 5.95. The fourth-order valence-electron chi connectivity index (χ4n) is 2.00. The molecule has 0 aliphatic rings. The van der Waals surface area contributed by atoms with E-state index in [0.717, 1.165) is 5.39 Å². The molecule has 0 saturated carbocycles. The zero-order valence-corrected chi connectivity index (χ0v) is 11.3. The number of ketones is 1. The molecule has 0 fully saturated rings. The van der Waals surface area contributed by atoms with Gasteiger partial charge in [-0.05, 0) is 42.5 Å². The fourth-order valence-corrected chi connectivity index (χ4v) is 2.17. The minimum absolute atomic E-state index is 0.133. The van der Waals surface area contributed by atoms with Gasteiger partial charge in [0.1, 0.15) is 5.69 Å². The van der Waals surface area contributed by atoms with Crippen LogP contribution in [0, 0.1) is 0 Å². The van der Waals surface area contributed by atoms with Crippen molar-refractivity contribution in [2.24, 2.45) is 0 Å². The summed E-state index contributed by atoms with van der Waals surface area (Å²) in [5, 5.41) is 1.55. The van der Waals surface area contributed by atoms with Crippen LogP contribution in [0.25, 0.3) is 10.9 Å². The van der Waals surface area contributed by atoms with E-state index in [0.29, 0.717) is 27.5 Å². The number of fused-ring (bicyclic) bond motifs is 1. The second-order valence-electron chi connectivity index (χ2n) is 4.48. The number of anilines is 1. The second-order valence-corrected chi connectivity index (χ2v) is 4.92. The predicted octanol–water partition coefficient (Wildman–Crippen LogP) is 3.70. The van der Waals surface area contributed by atoms with Crippen molar-refractivity contribution >= 4 is 34.0 Å². The quantitative estimate of drug-likeness (QED) is 0.576. The van der Waals surface area contributed by atoms with Gasteiger partial charge in [-0.2, -0.15) is 0 Å². The summed E-state index contributed by atoms with van der Waals surface area (Å²) in [6.07, 6.45) is 0. The average molecular weight is 283 g/mol. The van der Waals surface area contributed by atoms with E-state index in [4.69, 9.17) is 17.3 Å². The summed E-state index contributed by atoms with van der Waals surface area (Å²) in [5.74, 6) is -0.133. The molecule has 2 N–H and O–H groups in total. The lowest BCUT2D eigenvalue weighted by atomic mass is 10.1. The van der Waals surface area contributed by atoms with Crippen LogP contribution in [0.5, 0.6) is 0 Å². The summed E-state index contributed by atoms with van der Waals surface area (Å²) in [5.41, 5.74) is 7.90. The Labute approximate surface area is 121 Å². The number of hydrogen-bond acceptors (Lipinski definition) is 3. The molecule has 2 aromatic carbocycles. The van der Waals surface area contributed by atoms with Crippen molar-refractivity contribution in [3.05, 3.63) is 70.9 Å². The zero-order chi connectivity index (χ0) is 14.1. The Morgan fingerprint density at radius 2 is 1.70 bits per heavy atom. The lowest BCUT2D eigenvalue weighted by molar-refractivity contribution is 0.103. The molecule has 4 heteroatoms. The average Bonchev–Trinajstić information content (AvgIpc) is 2.46. The molecule has 0 bridgehead atoms. The Morgan fingerprint density at radius 1 is 1.00 bits per heavy atom. The van der Waals surface area contributed by atoms with Crippen molar-refractivity contribution in [3.63, 3.8) is 0 Å². The molecular weight excluding hydrogens is 272 g/mol. The number of carbonyl (C=O) groups is 1. The van der Waals surface area contributed by atoms with Gasteiger partial charge in [-0.3, -0.25) is 4.79 Å². The lowest BCUT2D eigenvalue weighted by Gasteiger charge is -2.03. The Balaban J connectivity index is 2.05. The topological polar surface area (TPSA) is 56.0 Å². The summed E-state index contributed by atoms with van der Waals surface area (Å²) < 4.78 is 0. The van der Waals surface area contributed by atoms with Gasteiger partial charge in [0.2, 0.25) is 5.78 Å². The van der Waals surface area contributed by atoms with Crippen molar-refractivity contribution in [1.29, 1.82) is 0 Å². The minimum atomic E-state index is -0.133. The first-order valence-corrected chi connectivity index (χ1v) is 6.48. The number of rotatable bonds is 2. The van der Waals surface area contributed by atoms with E-state index < -0.39 is 0 Å². The van der Waals surface area contributed by atoms with Gasteiger partial charge < -0.3 is 5.73 Å². The van der Waals surface area contributed by atoms with Gasteiger partial charge >= 0.3 is 0 Å². The van der Waals surface area contributed by atoms with Gasteiger partial charge in [0.05, 0.1) is 5.52 Å². The molecule has 3 aromatic rings. The Hall–Kier alpha value is -2.39. The van der Waals surface area contributed by atoms with E-state index in [-0.39, 0.29) is 5.78 Å². The van der Waals surface area contributed by atoms with Gasteiger partial charge in [-0.1, -0.05) is 23.7 Å². The number of benzene rings is 2. The van der Waals surface area contributed by atoms with Crippen LogP contribution in [-0.2, 0) is 0 Å². The normalized spacial score (nSPS) is 10.7. The number of nitrogens with zero attached hydrogens (tertiary/aromatic N) is 1. The number of nitrogen functional groups attached to an aromatic ring is 1. The van der Waals surface area contributed by atoms with E-state index in [1.807, 2.05) is 12.1 Å². The van der Waals surface area contributed by atoms with Crippen molar-refractivity contribution in [1.82, 2.24) is 4.98 Å². The highest BCUT2D eigenvalue weighted by Gasteiger charge is 2.11. The minimum Gasteiger partial charge on any atom is -0.399 e. The maximum absolute atomic E-state index is 12.3. The Bertz CT molecular complexity index is 797. The number of nitrogens with two attached hydrogens (primary N) is 1. The maximum Gasteiger partial charge on any atom is 0.211 e. The summed E-state index contributed by atoms with van der Waals surface area (Å²) in [6, 6.07) is 15.8. The molecule has 0 aliphatic carbocycles. The number of halogens is 1. The SMILES string of the molecule is Nc1ccc(C(=O)c2ccc3ccc(Cl)cc3n2)cc1. The third-order valence-electron chi connectivity index (χ3n) is 3.06. The van der Waals surface area contributed by atoms with Gasteiger partial charge in [-0.25, -0.2) is 4.98 Å². The first kappa shape index (κ1) is 12.6. The van der Waals surface area contributed by atoms with Crippen molar-refractivity contribution in [3.8, 4) is 0 Å². The van der Waals surface area contributed by atoms with Crippen molar-refractivity contribution in [2.75, 3.05) is 5.73 Å². The van der Waals surface area contributed by atoms with Crippen LogP contribution >= 0.6 is 11.6 Å². The highest BCUT2D eigenvalue weighted by Crippen LogP contribution is 2.19. The summed E-state index contributed by atoms with van der Waals surface area (Å²) in [4.78, 5) is 16.7. The van der Waals surface area contributed by atoms with Crippen molar-refractivity contribution in [2.45, 2.75) is 0 Å². The smallest absolute Gasteiger partial charge is 0.211 e. The van der Waals surface area contributed by atoms with Crippen molar-refractivity contribution < 1.29 is 4.79 Å². The second kappa shape index (κ2) is 4.94. The van der Waals surface area contributed by atoms with Gasteiger partial charge in [0.15, 0.2) is 0 Å². The molecule has 3 rings (SSSR count). The third kappa shape index (κ3) is 2.36. The first-order valence-electron chi connectivity index (χ1n) is 6.10. The van der Waals surface area contributed by atoms with E-state index in [1.54, 1.807) is 42.5 Å². The molecule has 0 radical (unpaired) electrons. The van der Waals surface area contributed by atoms with Gasteiger partial charge in [0.25, 0.3) is 0 Å². The van der Waals surface area contributed by atoms with Crippen LogP contribution in [0.4, 0.5) is 5.69 Å². The van der Waals surface area contributed by atoms with Gasteiger partial charge in [-0.15, -0.1) is 0 Å². The largest absolute Gasteiger partial charge is 0.399 e. The zero-order valence-electron chi connectivity index (χ0n) is 10.5. The highest BCUT2D eigenvalue weighted by molar-refractivity contribution is 6.31. The van der Waals surface area contributed by atoms with Crippen LogP contribution in [0.15, 0.2) is 54.6 Å². The third-order valence-corrected chi connectivity index (χ3v) is 3.29. The van der Waals surface area contributed by atoms with E-state index in [1.165, 1.54) is 0 Å². The molecule has 0 saturated heterocycles. The molecule has 0 unspecified atom stereocenters. The first-order chi connectivity index (χ1) is 9.63. The van der Waals surface area contributed by atoms with Crippen LogP contribution < -0.4 is 5.73 Å². The number of hydrogen-bond donors (Lipinski definition) is 1. The predicted molar refractivity (Wildman–Crippen MR) is 81.0 cm³/mol. The molecule has 0 atom stereocenters.